The second-order valence-electron chi connectivity index (χ2n) is 6.76. The minimum absolute atomic E-state index is 0.0376. The van der Waals surface area contributed by atoms with E-state index in [-0.39, 0.29) is 32.6 Å². The number of Topliss-reactive ketones (excluding diaryl/α,β-unsaturated/α-hetero) is 1. The van der Waals surface area contributed by atoms with Crippen LogP contribution in [0.2, 0.25) is 10.0 Å². The molecule has 10 heteroatoms. The molecule has 160 valence electrons. The molecule has 31 heavy (non-hydrogen) atoms. The number of carbonyl (C=O) groups is 5. The van der Waals surface area contributed by atoms with Gasteiger partial charge in [0.1, 0.15) is 6.54 Å². The lowest BCUT2D eigenvalue weighted by Crippen LogP contribution is -2.37. The number of anilines is 1. The number of carbonyl (C=O) groups excluding carboxylic acids is 5. The van der Waals surface area contributed by atoms with Gasteiger partial charge in [0.2, 0.25) is 11.7 Å². The topological polar surface area (TPSA) is 110 Å². The van der Waals surface area contributed by atoms with Crippen LogP contribution in [0.5, 0.6) is 0 Å². The van der Waals surface area contributed by atoms with Crippen LogP contribution >= 0.6 is 23.2 Å². The molecule has 0 spiro atoms. The Hall–Kier alpha value is -3.23. The number of halogens is 2. The number of benzene rings is 2. The molecule has 0 saturated carbocycles. The molecule has 1 N–H and O–H groups in total. The summed E-state index contributed by atoms with van der Waals surface area (Å²) >= 11 is 11.8. The number of hydrogen-bond acceptors (Lipinski definition) is 6. The normalized spacial score (nSPS) is 13.6. The Bertz CT molecular complexity index is 1070. The SMILES string of the molecule is CC(=O)Nc1ccc(C(=O)C(C)OC(=O)CN2C(=O)c3cc(Cl)c(Cl)cc3C2=O)cc1. The standard InChI is InChI=1S/C21H16Cl2N2O6/c1-10(19(28)12-3-5-13(6-4-12)24-11(2)26)31-18(27)9-25-20(29)14-7-16(22)17(23)8-15(14)21(25)30/h3-8,10H,9H2,1-2H3,(H,24,26). The number of hydrogen-bond donors (Lipinski definition) is 1. The fourth-order valence-electron chi connectivity index (χ4n) is 3.00. The van der Waals surface area contributed by atoms with E-state index in [0.29, 0.717) is 10.6 Å². The lowest BCUT2D eigenvalue weighted by Gasteiger charge is -2.16. The van der Waals surface area contributed by atoms with Crippen molar-refractivity contribution >= 4 is 58.4 Å². The van der Waals surface area contributed by atoms with Crippen molar-refractivity contribution in [2.45, 2.75) is 20.0 Å². The third kappa shape index (κ3) is 4.76. The van der Waals surface area contributed by atoms with Crippen molar-refractivity contribution < 1.29 is 28.7 Å². The lowest BCUT2D eigenvalue weighted by molar-refractivity contribution is -0.146. The van der Waals surface area contributed by atoms with Crippen molar-refractivity contribution in [3.05, 3.63) is 63.1 Å². The van der Waals surface area contributed by atoms with Gasteiger partial charge in [-0.05, 0) is 43.3 Å². The van der Waals surface area contributed by atoms with Crippen molar-refractivity contribution in [1.29, 1.82) is 0 Å². The van der Waals surface area contributed by atoms with Gasteiger partial charge in [-0.25, -0.2) is 0 Å². The monoisotopic (exact) mass is 462 g/mol. The summed E-state index contributed by atoms with van der Waals surface area (Å²) < 4.78 is 5.11. The zero-order valence-corrected chi connectivity index (χ0v) is 17.9. The number of esters is 1. The first kappa shape index (κ1) is 22.5. The Morgan fingerprint density at radius 3 is 2.00 bits per heavy atom. The predicted octanol–water partition coefficient (Wildman–Crippen LogP) is 3.36. The van der Waals surface area contributed by atoms with Crippen LogP contribution in [0.4, 0.5) is 5.69 Å². The van der Waals surface area contributed by atoms with E-state index in [2.05, 4.69) is 5.32 Å². The summed E-state index contributed by atoms with van der Waals surface area (Å²) in [6.07, 6.45) is -1.15. The number of rotatable bonds is 6. The highest BCUT2D eigenvalue weighted by atomic mass is 35.5. The van der Waals surface area contributed by atoms with E-state index in [0.717, 1.165) is 0 Å². The predicted molar refractivity (Wildman–Crippen MR) is 112 cm³/mol. The van der Waals surface area contributed by atoms with Crippen molar-refractivity contribution in [2.75, 3.05) is 11.9 Å². The minimum Gasteiger partial charge on any atom is -0.453 e. The maximum Gasteiger partial charge on any atom is 0.326 e. The van der Waals surface area contributed by atoms with Crippen LogP contribution in [0.15, 0.2) is 36.4 Å². The number of ketones is 1. The molecule has 0 fully saturated rings. The van der Waals surface area contributed by atoms with Gasteiger partial charge in [0.25, 0.3) is 11.8 Å². The molecule has 0 aliphatic carbocycles. The second-order valence-corrected chi connectivity index (χ2v) is 7.58. The smallest absolute Gasteiger partial charge is 0.326 e. The van der Waals surface area contributed by atoms with Gasteiger partial charge in [-0.2, -0.15) is 0 Å². The van der Waals surface area contributed by atoms with Gasteiger partial charge >= 0.3 is 5.97 Å². The third-order valence-corrected chi connectivity index (χ3v) is 5.19. The van der Waals surface area contributed by atoms with E-state index in [1.165, 1.54) is 50.2 Å². The zero-order chi connectivity index (χ0) is 22.9. The number of imide groups is 1. The van der Waals surface area contributed by atoms with Crippen molar-refractivity contribution in [2.24, 2.45) is 0 Å². The van der Waals surface area contributed by atoms with Gasteiger partial charge < -0.3 is 10.1 Å². The molecule has 2 aromatic rings. The van der Waals surface area contributed by atoms with Crippen LogP contribution < -0.4 is 5.32 Å². The number of amides is 3. The van der Waals surface area contributed by atoms with Gasteiger partial charge in [-0.15, -0.1) is 0 Å². The van der Waals surface area contributed by atoms with Crippen LogP contribution in [0, 0.1) is 0 Å². The molecule has 1 aliphatic rings. The average molecular weight is 463 g/mol. The fraction of sp³-hybridized carbons (Fsp3) is 0.190. The fourth-order valence-corrected chi connectivity index (χ4v) is 3.33. The highest BCUT2D eigenvalue weighted by Crippen LogP contribution is 2.31. The summed E-state index contributed by atoms with van der Waals surface area (Å²) in [6.45, 7) is 2.07. The molecular weight excluding hydrogens is 447 g/mol. The van der Waals surface area contributed by atoms with Crippen molar-refractivity contribution in [3.8, 4) is 0 Å². The quantitative estimate of drug-likeness (QED) is 0.400. The van der Waals surface area contributed by atoms with E-state index in [1.54, 1.807) is 0 Å². The average Bonchev–Trinajstić information content (AvgIpc) is 2.92. The van der Waals surface area contributed by atoms with Crippen LogP contribution in [0.1, 0.15) is 44.9 Å². The molecule has 8 nitrogen and oxygen atoms in total. The molecule has 3 amide bonds. The molecule has 0 radical (unpaired) electrons. The van der Waals surface area contributed by atoms with Gasteiger partial charge in [0.05, 0.1) is 21.2 Å². The van der Waals surface area contributed by atoms with E-state index >= 15 is 0 Å². The molecular formula is C21H16Cl2N2O6. The highest BCUT2D eigenvalue weighted by molar-refractivity contribution is 6.43. The molecule has 0 saturated heterocycles. The lowest BCUT2D eigenvalue weighted by atomic mass is 10.1. The van der Waals surface area contributed by atoms with Crippen LogP contribution in [0.3, 0.4) is 0 Å². The van der Waals surface area contributed by atoms with Crippen LogP contribution in [-0.2, 0) is 14.3 Å². The number of nitrogens with one attached hydrogen (secondary N) is 1. The first-order valence-corrected chi connectivity index (χ1v) is 9.80. The maximum absolute atomic E-state index is 12.5. The van der Waals surface area contributed by atoms with Gasteiger partial charge in [0, 0.05) is 18.2 Å². The van der Waals surface area contributed by atoms with E-state index in [1.807, 2.05) is 0 Å². The Morgan fingerprint density at radius 1 is 1.00 bits per heavy atom. The minimum atomic E-state index is -1.15. The van der Waals surface area contributed by atoms with Crippen LogP contribution in [0.25, 0.3) is 0 Å². The third-order valence-electron chi connectivity index (χ3n) is 4.47. The largest absolute Gasteiger partial charge is 0.453 e. The zero-order valence-electron chi connectivity index (χ0n) is 16.4. The van der Waals surface area contributed by atoms with Crippen LogP contribution in [-0.4, -0.2) is 47.0 Å². The molecule has 2 aromatic carbocycles. The van der Waals surface area contributed by atoms with Gasteiger partial charge in [-0.3, -0.25) is 28.9 Å². The molecule has 0 bridgehead atoms. The van der Waals surface area contributed by atoms with E-state index in [4.69, 9.17) is 27.9 Å². The Kier molecular flexibility index (Phi) is 6.42. The molecule has 0 aromatic heterocycles. The molecule has 1 atom stereocenters. The first-order chi connectivity index (χ1) is 14.6. The van der Waals surface area contributed by atoms with Gasteiger partial charge in [0.15, 0.2) is 6.10 Å². The summed E-state index contributed by atoms with van der Waals surface area (Å²) in [6, 6.07) is 8.57. The summed E-state index contributed by atoms with van der Waals surface area (Å²) in [5.41, 5.74) is 0.852. The summed E-state index contributed by atoms with van der Waals surface area (Å²) in [5.74, 6) is -3.07. The van der Waals surface area contributed by atoms with Gasteiger partial charge in [-0.1, -0.05) is 23.2 Å². The molecule has 1 heterocycles. The summed E-state index contributed by atoms with van der Waals surface area (Å²) in [7, 11) is 0. The van der Waals surface area contributed by atoms with E-state index < -0.39 is 36.2 Å². The number of nitrogens with zero attached hydrogens (tertiary/aromatic N) is 1. The summed E-state index contributed by atoms with van der Waals surface area (Å²) in [4.78, 5) is 61.4. The van der Waals surface area contributed by atoms with Crippen molar-refractivity contribution in [1.82, 2.24) is 4.90 Å². The summed E-state index contributed by atoms with van der Waals surface area (Å²) in [5, 5.41) is 2.79. The van der Waals surface area contributed by atoms with E-state index in [9.17, 15) is 24.0 Å². The second kappa shape index (κ2) is 8.87. The molecule has 1 unspecified atom stereocenters. The first-order valence-electron chi connectivity index (χ1n) is 9.05. The molecule has 3 rings (SSSR count). The maximum atomic E-state index is 12.5. The Morgan fingerprint density at radius 2 is 1.52 bits per heavy atom. The Balaban J connectivity index is 1.64. The number of fused-ring (bicyclic) bond motifs is 1. The molecule has 1 aliphatic heterocycles. The van der Waals surface area contributed by atoms with Crippen molar-refractivity contribution in [3.63, 3.8) is 0 Å². The number of ether oxygens (including phenoxy) is 1. The Labute approximate surface area is 187 Å². The highest BCUT2D eigenvalue weighted by Gasteiger charge is 2.38.